The summed E-state index contributed by atoms with van der Waals surface area (Å²) in [5.74, 6) is -0.0816. The Kier molecular flexibility index (Phi) is 10.7. The second-order valence-electron chi connectivity index (χ2n) is 7.37. The summed E-state index contributed by atoms with van der Waals surface area (Å²) in [5, 5.41) is 11.6. The molecule has 0 spiro atoms. The fourth-order valence-electron chi connectivity index (χ4n) is 3.04. The largest absolute Gasteiger partial charge is 0.491 e. The van der Waals surface area contributed by atoms with Gasteiger partial charge in [-0.05, 0) is 55.3 Å². The minimum atomic E-state index is -0.657. The van der Waals surface area contributed by atoms with Gasteiger partial charge in [-0.3, -0.25) is 14.9 Å². The summed E-state index contributed by atoms with van der Waals surface area (Å²) in [6, 6.07) is 13.5. The minimum absolute atomic E-state index is 0.00552. The van der Waals surface area contributed by atoms with E-state index in [-0.39, 0.29) is 37.3 Å². The third-order valence-corrected chi connectivity index (χ3v) is 5.08. The number of hydrogen-bond acceptors (Lipinski definition) is 8. The molecule has 0 heterocycles. The van der Waals surface area contributed by atoms with Gasteiger partial charge in [0.15, 0.2) is 5.78 Å². The van der Waals surface area contributed by atoms with E-state index in [0.717, 1.165) is 5.56 Å². The van der Waals surface area contributed by atoms with Crippen LogP contribution in [0, 0.1) is 5.92 Å². The molecule has 0 fully saturated rings. The lowest BCUT2D eigenvalue weighted by Gasteiger charge is -2.25. The normalized spacial score (nSPS) is 12.4. The van der Waals surface area contributed by atoms with Crippen molar-refractivity contribution < 1.29 is 33.7 Å². The molecule has 8 nitrogen and oxygen atoms in total. The number of anilines is 1. The third kappa shape index (κ3) is 8.78. The van der Waals surface area contributed by atoms with E-state index in [4.69, 9.17) is 19.3 Å². The molecule has 0 bridgehead atoms. The van der Waals surface area contributed by atoms with E-state index in [1.165, 1.54) is 6.92 Å². The first-order chi connectivity index (χ1) is 15.8. The zero-order valence-electron chi connectivity index (χ0n) is 18.7. The first kappa shape index (κ1) is 26.2. The van der Waals surface area contributed by atoms with Crippen molar-refractivity contribution in [2.45, 2.75) is 26.4 Å². The standard InChI is InChI=1S/C24H29NO7S/c1-16(11-13-31-22(28)15-33)23(19-5-9-21(10-6-19)30-14-12-26)32-24(29)25-20-7-3-18(4-8-20)17(2)27/h3-10,16,23,26,33H,11-15H2,1-2H3,(H,25,29)/t16-,23+/m1/s1. The van der Waals surface area contributed by atoms with Crippen LogP contribution in [0.25, 0.3) is 0 Å². The van der Waals surface area contributed by atoms with Gasteiger partial charge in [-0.15, -0.1) is 0 Å². The maximum Gasteiger partial charge on any atom is 0.412 e. The molecule has 2 rings (SSSR count). The van der Waals surface area contributed by atoms with Gasteiger partial charge < -0.3 is 19.3 Å². The molecular weight excluding hydrogens is 446 g/mol. The molecule has 0 aliphatic rings. The van der Waals surface area contributed by atoms with Crippen LogP contribution in [0.5, 0.6) is 5.75 Å². The first-order valence-electron chi connectivity index (χ1n) is 10.5. The van der Waals surface area contributed by atoms with Crippen molar-refractivity contribution in [1.82, 2.24) is 0 Å². The van der Waals surface area contributed by atoms with E-state index in [9.17, 15) is 14.4 Å². The smallest absolute Gasteiger partial charge is 0.412 e. The summed E-state index contributed by atoms with van der Waals surface area (Å²) < 4.78 is 16.2. The van der Waals surface area contributed by atoms with E-state index < -0.39 is 18.2 Å². The average molecular weight is 476 g/mol. The number of benzene rings is 2. The molecule has 178 valence electrons. The predicted molar refractivity (Wildman–Crippen MR) is 127 cm³/mol. The first-order valence-corrected chi connectivity index (χ1v) is 11.2. The quantitative estimate of drug-likeness (QED) is 0.241. The molecule has 0 unspecified atom stereocenters. The lowest BCUT2D eigenvalue weighted by molar-refractivity contribution is -0.141. The Balaban J connectivity index is 2.10. The van der Waals surface area contributed by atoms with Crippen molar-refractivity contribution in [2.75, 3.05) is 30.9 Å². The van der Waals surface area contributed by atoms with Gasteiger partial charge >= 0.3 is 12.1 Å². The molecule has 1 amide bonds. The van der Waals surface area contributed by atoms with Crippen LogP contribution in [0.2, 0.25) is 0 Å². The number of esters is 1. The van der Waals surface area contributed by atoms with Crippen molar-refractivity contribution in [1.29, 1.82) is 0 Å². The molecule has 2 N–H and O–H groups in total. The average Bonchev–Trinajstić information content (AvgIpc) is 2.81. The summed E-state index contributed by atoms with van der Waals surface area (Å²) in [7, 11) is 0. The minimum Gasteiger partial charge on any atom is -0.491 e. The fourth-order valence-corrected chi connectivity index (χ4v) is 3.13. The molecule has 0 aliphatic carbocycles. The second kappa shape index (κ2) is 13.5. The molecule has 33 heavy (non-hydrogen) atoms. The Morgan fingerprint density at radius 2 is 1.70 bits per heavy atom. The fraction of sp³-hybridized carbons (Fsp3) is 0.375. The number of ketones is 1. The van der Waals surface area contributed by atoms with Gasteiger partial charge in [0, 0.05) is 17.2 Å². The summed E-state index contributed by atoms with van der Waals surface area (Å²) in [5.41, 5.74) is 1.77. The Bertz CT molecular complexity index is 915. The highest BCUT2D eigenvalue weighted by Gasteiger charge is 2.24. The van der Waals surface area contributed by atoms with Crippen LogP contribution >= 0.6 is 12.6 Å². The van der Waals surface area contributed by atoms with Crippen LogP contribution in [0.3, 0.4) is 0 Å². The zero-order chi connectivity index (χ0) is 24.2. The number of nitrogens with one attached hydrogen (secondary N) is 1. The van der Waals surface area contributed by atoms with E-state index >= 15 is 0 Å². The van der Waals surface area contributed by atoms with Crippen molar-refractivity contribution in [3.05, 3.63) is 59.7 Å². The van der Waals surface area contributed by atoms with E-state index in [1.54, 1.807) is 48.5 Å². The molecule has 0 saturated carbocycles. The van der Waals surface area contributed by atoms with Gasteiger partial charge in [0.2, 0.25) is 0 Å². The number of amides is 1. The maximum atomic E-state index is 12.6. The van der Waals surface area contributed by atoms with Crippen LogP contribution in [0.4, 0.5) is 10.5 Å². The Labute approximate surface area is 198 Å². The van der Waals surface area contributed by atoms with Crippen molar-refractivity contribution in [3.63, 3.8) is 0 Å². The number of thiol groups is 1. The van der Waals surface area contributed by atoms with Crippen LogP contribution in [-0.2, 0) is 14.3 Å². The van der Waals surface area contributed by atoms with Gasteiger partial charge in [-0.1, -0.05) is 19.1 Å². The van der Waals surface area contributed by atoms with Crippen molar-refractivity contribution >= 4 is 36.2 Å². The molecule has 0 saturated heterocycles. The predicted octanol–water partition coefficient (Wildman–Crippen LogP) is 4.05. The highest BCUT2D eigenvalue weighted by atomic mass is 32.1. The van der Waals surface area contributed by atoms with Crippen LogP contribution in [-0.4, -0.2) is 48.5 Å². The van der Waals surface area contributed by atoms with Crippen molar-refractivity contribution in [3.8, 4) is 5.75 Å². The Morgan fingerprint density at radius 3 is 2.27 bits per heavy atom. The lowest BCUT2D eigenvalue weighted by atomic mass is 9.94. The van der Waals surface area contributed by atoms with Gasteiger partial charge in [-0.2, -0.15) is 12.6 Å². The highest BCUT2D eigenvalue weighted by Crippen LogP contribution is 2.30. The van der Waals surface area contributed by atoms with E-state index in [2.05, 4.69) is 17.9 Å². The van der Waals surface area contributed by atoms with Crippen LogP contribution < -0.4 is 10.1 Å². The van der Waals surface area contributed by atoms with E-state index in [0.29, 0.717) is 23.4 Å². The Hall–Kier alpha value is -3.04. The Morgan fingerprint density at radius 1 is 1.03 bits per heavy atom. The summed E-state index contributed by atoms with van der Waals surface area (Å²) >= 11 is 3.88. The second-order valence-corrected chi connectivity index (χ2v) is 7.69. The van der Waals surface area contributed by atoms with Gasteiger partial charge in [0.1, 0.15) is 18.5 Å². The SMILES string of the molecule is CC(=O)c1ccc(NC(=O)O[C@H](c2ccc(OCCO)cc2)[C@H](C)CCOC(=O)CS)cc1. The van der Waals surface area contributed by atoms with Gasteiger partial charge in [0.05, 0.1) is 19.0 Å². The molecule has 0 aliphatic heterocycles. The van der Waals surface area contributed by atoms with Crippen molar-refractivity contribution in [2.24, 2.45) is 5.92 Å². The molecule has 0 aromatic heterocycles. The summed E-state index contributed by atoms with van der Waals surface area (Å²) in [6.07, 6.45) is -0.813. The van der Waals surface area contributed by atoms with Crippen LogP contribution in [0.1, 0.15) is 42.3 Å². The number of Topliss-reactive ketones (excluding diaryl/α,β-unsaturated/α-hetero) is 1. The number of aliphatic hydroxyl groups excluding tert-OH is 1. The number of rotatable bonds is 12. The topological polar surface area (TPSA) is 111 Å². The number of carbonyl (C=O) groups is 3. The molecule has 2 aromatic carbocycles. The summed E-state index contributed by atoms with van der Waals surface area (Å²) in [4.78, 5) is 35.4. The maximum absolute atomic E-state index is 12.6. The molecular formula is C24H29NO7S. The van der Waals surface area contributed by atoms with Gasteiger partial charge in [0.25, 0.3) is 0 Å². The molecule has 9 heteroatoms. The number of ether oxygens (including phenoxy) is 3. The molecule has 2 atom stereocenters. The molecule has 0 radical (unpaired) electrons. The summed E-state index contributed by atoms with van der Waals surface area (Å²) in [6.45, 7) is 3.62. The van der Waals surface area contributed by atoms with Gasteiger partial charge in [-0.25, -0.2) is 4.79 Å². The zero-order valence-corrected chi connectivity index (χ0v) is 19.5. The molecule has 2 aromatic rings. The third-order valence-electron chi connectivity index (χ3n) is 4.82. The number of carbonyl (C=O) groups excluding carboxylic acids is 3. The number of aliphatic hydroxyl groups is 1. The highest BCUT2D eigenvalue weighted by molar-refractivity contribution is 7.81. The lowest BCUT2D eigenvalue weighted by Crippen LogP contribution is -2.23. The monoisotopic (exact) mass is 475 g/mol. The van der Waals surface area contributed by atoms with Crippen LogP contribution in [0.15, 0.2) is 48.5 Å². The number of hydrogen-bond donors (Lipinski definition) is 3. The van der Waals surface area contributed by atoms with E-state index in [1.807, 2.05) is 6.92 Å².